The molecule has 0 saturated carbocycles. The number of rotatable bonds is 6. The van der Waals surface area contributed by atoms with Crippen LogP contribution in [0.2, 0.25) is 0 Å². The van der Waals surface area contributed by atoms with E-state index in [1.165, 1.54) is 0 Å². The Kier molecular flexibility index (Phi) is 5.15. The molecule has 0 aliphatic carbocycles. The van der Waals surface area contributed by atoms with E-state index < -0.39 is 6.17 Å². The first-order chi connectivity index (χ1) is 15.6. The van der Waals surface area contributed by atoms with Gasteiger partial charge in [-0.05, 0) is 36.2 Å². The van der Waals surface area contributed by atoms with Crippen LogP contribution in [0.3, 0.4) is 0 Å². The summed E-state index contributed by atoms with van der Waals surface area (Å²) >= 11 is 0. The predicted molar refractivity (Wildman–Crippen MR) is 119 cm³/mol. The maximum Gasteiger partial charge on any atom is 0.260 e. The lowest BCUT2D eigenvalue weighted by Crippen LogP contribution is -2.48. The average molecular weight is 426 g/mol. The molecule has 3 aromatic rings. The molecule has 0 fully saturated rings. The molecule has 3 heterocycles. The third-order valence-corrected chi connectivity index (χ3v) is 5.90. The van der Waals surface area contributed by atoms with E-state index in [2.05, 4.69) is 10.3 Å². The van der Waals surface area contributed by atoms with Crippen molar-refractivity contribution in [3.8, 4) is 0 Å². The first kappa shape index (κ1) is 19.9. The number of para-hydroxylation sites is 1. The highest BCUT2D eigenvalue weighted by Gasteiger charge is 2.47. The van der Waals surface area contributed by atoms with Gasteiger partial charge in [0, 0.05) is 43.0 Å². The van der Waals surface area contributed by atoms with E-state index in [1.54, 1.807) is 40.4 Å². The highest BCUT2D eigenvalue weighted by Crippen LogP contribution is 2.45. The molecular weight excluding hydrogens is 404 g/mol. The lowest BCUT2D eigenvalue weighted by atomic mass is 10.0. The first-order valence-corrected chi connectivity index (χ1v) is 10.6. The minimum Gasteiger partial charge on any atom is -0.352 e. The summed E-state index contributed by atoms with van der Waals surface area (Å²) in [6, 6.07) is 18.3. The fraction of sp³-hybridized carbons (Fsp3) is 0.200. The number of pyridine rings is 1. The number of benzene rings is 2. The summed E-state index contributed by atoms with van der Waals surface area (Å²) in [4.78, 5) is 46.3. The van der Waals surface area contributed by atoms with E-state index in [0.29, 0.717) is 36.3 Å². The van der Waals surface area contributed by atoms with Crippen LogP contribution >= 0.6 is 0 Å². The van der Waals surface area contributed by atoms with Crippen LogP contribution in [-0.4, -0.2) is 34.2 Å². The summed E-state index contributed by atoms with van der Waals surface area (Å²) in [7, 11) is 0. The van der Waals surface area contributed by atoms with Crippen molar-refractivity contribution >= 4 is 23.4 Å². The Labute approximate surface area is 185 Å². The Morgan fingerprint density at radius 3 is 2.53 bits per heavy atom. The second-order valence-electron chi connectivity index (χ2n) is 7.89. The Hall–Kier alpha value is -4.00. The number of amides is 3. The van der Waals surface area contributed by atoms with E-state index >= 15 is 0 Å². The lowest BCUT2D eigenvalue weighted by molar-refractivity contribution is -0.121. The molecule has 7 nitrogen and oxygen atoms in total. The van der Waals surface area contributed by atoms with Crippen molar-refractivity contribution in [3.05, 3.63) is 95.3 Å². The molecule has 2 aromatic carbocycles. The molecule has 0 unspecified atom stereocenters. The third kappa shape index (κ3) is 3.41. The van der Waals surface area contributed by atoms with E-state index in [9.17, 15) is 14.4 Å². The Bertz CT molecular complexity index is 1190. The molecule has 32 heavy (non-hydrogen) atoms. The van der Waals surface area contributed by atoms with Crippen LogP contribution in [0.15, 0.2) is 73.1 Å². The van der Waals surface area contributed by atoms with E-state index in [1.807, 2.05) is 42.5 Å². The van der Waals surface area contributed by atoms with Crippen LogP contribution in [0.5, 0.6) is 0 Å². The zero-order chi connectivity index (χ0) is 22.1. The zero-order valence-electron chi connectivity index (χ0n) is 17.4. The van der Waals surface area contributed by atoms with Crippen LogP contribution in [0, 0.1) is 0 Å². The number of hydrogen-bond donors (Lipinski definition) is 1. The second kappa shape index (κ2) is 8.26. The molecule has 1 N–H and O–H groups in total. The molecule has 0 radical (unpaired) electrons. The van der Waals surface area contributed by atoms with Gasteiger partial charge in [-0.3, -0.25) is 24.3 Å². The Morgan fingerprint density at radius 1 is 0.938 bits per heavy atom. The van der Waals surface area contributed by atoms with Gasteiger partial charge in [0.25, 0.3) is 11.8 Å². The predicted octanol–water partition coefficient (Wildman–Crippen LogP) is 3.29. The van der Waals surface area contributed by atoms with Crippen LogP contribution in [0.1, 0.15) is 50.9 Å². The number of carbonyl (C=O) groups is 3. The first-order valence-electron chi connectivity index (χ1n) is 10.6. The Balaban J connectivity index is 1.33. The summed E-state index contributed by atoms with van der Waals surface area (Å²) in [5.74, 6) is -0.314. The van der Waals surface area contributed by atoms with Crippen molar-refractivity contribution in [2.75, 3.05) is 11.4 Å². The van der Waals surface area contributed by atoms with Crippen LogP contribution < -0.4 is 10.2 Å². The monoisotopic (exact) mass is 426 g/mol. The normalized spacial score (nSPS) is 16.4. The maximum atomic E-state index is 13.3. The molecule has 2 aliphatic rings. The van der Waals surface area contributed by atoms with Crippen LogP contribution in [0.4, 0.5) is 5.69 Å². The van der Waals surface area contributed by atoms with Gasteiger partial charge in [-0.15, -0.1) is 0 Å². The molecule has 0 saturated heterocycles. The molecular formula is C25H22N4O3. The molecule has 3 amide bonds. The van der Waals surface area contributed by atoms with Gasteiger partial charge < -0.3 is 10.2 Å². The van der Waals surface area contributed by atoms with Crippen molar-refractivity contribution in [1.82, 2.24) is 15.2 Å². The SMILES string of the molecule is O=C(CCCN1C(=O)c2ccccc2N2C(=O)c3ccccc3[C@H]12)NCc1cccnc1. The van der Waals surface area contributed by atoms with E-state index in [0.717, 1.165) is 11.1 Å². The standard InChI is InChI=1S/C25H22N4O3/c30-22(27-16-17-7-5-13-26-15-17)12-6-14-28-23-18-8-1-2-9-19(18)25(32)29(23)21-11-4-3-10-20(21)24(28)31/h1-5,7-11,13,15,23H,6,12,14,16H2,(H,27,30)/t23-/m1/s1. The molecule has 7 heteroatoms. The maximum absolute atomic E-state index is 13.3. The van der Waals surface area contributed by atoms with Gasteiger partial charge in [-0.1, -0.05) is 36.4 Å². The number of hydrogen-bond acceptors (Lipinski definition) is 4. The molecule has 0 bridgehead atoms. The largest absolute Gasteiger partial charge is 0.352 e. The minimum atomic E-state index is -0.487. The van der Waals surface area contributed by atoms with E-state index in [-0.39, 0.29) is 24.1 Å². The summed E-state index contributed by atoms with van der Waals surface area (Å²) < 4.78 is 0. The molecule has 160 valence electrons. The summed E-state index contributed by atoms with van der Waals surface area (Å²) in [6.45, 7) is 0.789. The average Bonchev–Trinajstić information content (AvgIpc) is 3.13. The minimum absolute atomic E-state index is 0.0848. The van der Waals surface area contributed by atoms with Gasteiger partial charge in [-0.2, -0.15) is 0 Å². The molecule has 0 spiro atoms. The van der Waals surface area contributed by atoms with Gasteiger partial charge in [0.05, 0.1) is 11.3 Å². The highest BCUT2D eigenvalue weighted by molar-refractivity contribution is 6.16. The van der Waals surface area contributed by atoms with Gasteiger partial charge in [0.2, 0.25) is 5.91 Å². The number of anilines is 1. The summed E-state index contributed by atoms with van der Waals surface area (Å²) in [5, 5.41) is 2.89. The van der Waals surface area contributed by atoms with Crippen LogP contribution in [0.25, 0.3) is 0 Å². The summed E-state index contributed by atoms with van der Waals surface area (Å²) in [5.41, 5.74) is 3.50. The molecule has 2 aliphatic heterocycles. The van der Waals surface area contributed by atoms with Gasteiger partial charge >= 0.3 is 0 Å². The Morgan fingerprint density at radius 2 is 1.72 bits per heavy atom. The fourth-order valence-electron chi connectivity index (χ4n) is 4.40. The molecule has 5 rings (SSSR count). The highest BCUT2D eigenvalue weighted by atomic mass is 16.2. The third-order valence-electron chi connectivity index (χ3n) is 5.90. The smallest absolute Gasteiger partial charge is 0.260 e. The quantitative estimate of drug-likeness (QED) is 0.656. The molecule has 1 aromatic heterocycles. The fourth-order valence-corrected chi connectivity index (χ4v) is 4.40. The molecule has 1 atom stereocenters. The number of carbonyl (C=O) groups excluding carboxylic acids is 3. The summed E-state index contributed by atoms with van der Waals surface area (Å²) in [6.07, 6.45) is 3.70. The van der Waals surface area contributed by atoms with E-state index in [4.69, 9.17) is 0 Å². The van der Waals surface area contributed by atoms with Crippen LogP contribution in [-0.2, 0) is 11.3 Å². The van der Waals surface area contributed by atoms with Crippen molar-refractivity contribution in [2.45, 2.75) is 25.6 Å². The van der Waals surface area contributed by atoms with Gasteiger partial charge in [0.1, 0.15) is 6.17 Å². The van der Waals surface area contributed by atoms with Crippen molar-refractivity contribution < 1.29 is 14.4 Å². The zero-order valence-corrected chi connectivity index (χ0v) is 17.4. The number of fused-ring (bicyclic) bond motifs is 5. The van der Waals surface area contributed by atoms with Gasteiger partial charge in [-0.25, -0.2) is 0 Å². The second-order valence-corrected chi connectivity index (χ2v) is 7.89. The van der Waals surface area contributed by atoms with Crippen molar-refractivity contribution in [3.63, 3.8) is 0 Å². The lowest BCUT2D eigenvalue weighted by Gasteiger charge is -2.41. The number of nitrogens with zero attached hydrogens (tertiary/aromatic N) is 3. The van der Waals surface area contributed by atoms with Crippen molar-refractivity contribution in [1.29, 1.82) is 0 Å². The number of aromatic nitrogens is 1. The number of nitrogens with one attached hydrogen (secondary N) is 1. The topological polar surface area (TPSA) is 82.6 Å². The van der Waals surface area contributed by atoms with Crippen molar-refractivity contribution in [2.24, 2.45) is 0 Å². The van der Waals surface area contributed by atoms with Gasteiger partial charge in [0.15, 0.2) is 0 Å².